The van der Waals surface area contributed by atoms with Crippen LogP contribution >= 0.6 is 0 Å². The van der Waals surface area contributed by atoms with Crippen molar-refractivity contribution in [1.82, 2.24) is 31.3 Å². The van der Waals surface area contributed by atoms with E-state index in [1.54, 1.807) is 24.3 Å². The predicted octanol–water partition coefficient (Wildman–Crippen LogP) is 3.03. The summed E-state index contributed by atoms with van der Waals surface area (Å²) >= 11 is 0. The summed E-state index contributed by atoms with van der Waals surface area (Å²) in [6.45, 7) is 4.54. The molecule has 2 saturated heterocycles. The second kappa shape index (κ2) is 13.0. The fraction of sp³-hybridized carbons (Fsp3) is 0.281. The highest BCUT2D eigenvalue weighted by molar-refractivity contribution is 5.99. The Morgan fingerprint density at radius 3 is 2.29 bits per heavy atom. The fourth-order valence-corrected chi connectivity index (χ4v) is 5.70. The van der Waals surface area contributed by atoms with Crippen molar-refractivity contribution in [2.24, 2.45) is 5.92 Å². The molecule has 5 atom stereocenters. The number of fused-ring (bicyclic) bond motifs is 1. The van der Waals surface area contributed by atoms with Gasteiger partial charge in [-0.25, -0.2) is 10.2 Å². The SMILES string of the molecule is C=CC(=O)Nc1ccc(C(=O)NC2NNC3C2CN(C(=O)N[C@H](CN(C)C)c2ccccc2)[C@@H]3c2ccccc2)cc1. The molecule has 0 aliphatic carbocycles. The molecule has 2 aliphatic rings. The zero-order valence-electron chi connectivity index (χ0n) is 23.8. The van der Waals surface area contributed by atoms with Gasteiger partial charge >= 0.3 is 6.03 Å². The number of anilines is 1. The minimum absolute atomic E-state index is 0.0833. The van der Waals surface area contributed by atoms with Crippen molar-refractivity contribution in [1.29, 1.82) is 0 Å². The molecule has 10 heteroatoms. The number of carbonyl (C=O) groups is 3. The van der Waals surface area contributed by atoms with Crippen molar-refractivity contribution in [2.75, 3.05) is 32.5 Å². The number of urea groups is 1. The molecule has 3 aromatic carbocycles. The first-order chi connectivity index (χ1) is 20.3. The molecule has 3 aromatic rings. The summed E-state index contributed by atoms with van der Waals surface area (Å²) < 4.78 is 0. The maximum absolute atomic E-state index is 13.9. The summed E-state index contributed by atoms with van der Waals surface area (Å²) in [5.41, 5.74) is 9.69. The van der Waals surface area contributed by atoms with E-state index in [1.807, 2.05) is 79.7 Å². The highest BCUT2D eigenvalue weighted by Gasteiger charge is 2.51. The van der Waals surface area contributed by atoms with Gasteiger partial charge in [0.15, 0.2) is 0 Å². The molecule has 0 spiro atoms. The Morgan fingerprint density at radius 2 is 1.64 bits per heavy atom. The number of nitrogens with one attached hydrogen (secondary N) is 5. The molecule has 0 saturated carbocycles. The molecule has 2 aliphatic heterocycles. The van der Waals surface area contributed by atoms with Gasteiger partial charge in [-0.1, -0.05) is 67.2 Å². The smallest absolute Gasteiger partial charge is 0.318 e. The quantitative estimate of drug-likeness (QED) is 0.254. The summed E-state index contributed by atoms with van der Waals surface area (Å²) in [7, 11) is 3.98. The van der Waals surface area contributed by atoms with Gasteiger partial charge < -0.3 is 25.8 Å². The normalized spacial score (nSPS) is 21.8. The Balaban J connectivity index is 1.33. The Morgan fingerprint density at radius 1 is 0.976 bits per heavy atom. The number of hydrazine groups is 1. The first-order valence-corrected chi connectivity index (χ1v) is 14.0. The van der Waals surface area contributed by atoms with Crippen molar-refractivity contribution in [3.8, 4) is 0 Å². The van der Waals surface area contributed by atoms with E-state index < -0.39 is 6.17 Å². The second-order valence-corrected chi connectivity index (χ2v) is 10.9. The van der Waals surface area contributed by atoms with Gasteiger partial charge in [0.05, 0.1) is 24.3 Å². The van der Waals surface area contributed by atoms with Crippen LogP contribution in [0.2, 0.25) is 0 Å². The first-order valence-electron chi connectivity index (χ1n) is 14.0. The summed E-state index contributed by atoms with van der Waals surface area (Å²) in [6.07, 6.45) is 0.784. The van der Waals surface area contributed by atoms with Crippen molar-refractivity contribution in [3.63, 3.8) is 0 Å². The van der Waals surface area contributed by atoms with Gasteiger partial charge in [-0.2, -0.15) is 0 Å². The maximum atomic E-state index is 13.9. The molecular weight excluding hydrogens is 530 g/mol. The second-order valence-electron chi connectivity index (χ2n) is 10.9. The number of nitrogens with zero attached hydrogens (tertiary/aromatic N) is 2. The number of likely N-dealkylation sites (tertiary alicyclic amines) is 1. The van der Waals surface area contributed by atoms with E-state index in [2.05, 4.69) is 38.3 Å². The lowest BCUT2D eigenvalue weighted by Gasteiger charge is -2.31. The Kier molecular flexibility index (Phi) is 8.97. The van der Waals surface area contributed by atoms with Crippen molar-refractivity contribution in [3.05, 3.63) is 114 Å². The lowest BCUT2D eigenvalue weighted by Crippen LogP contribution is -2.51. The maximum Gasteiger partial charge on any atom is 0.318 e. The molecule has 5 rings (SSSR count). The minimum atomic E-state index is -0.404. The highest BCUT2D eigenvalue weighted by Crippen LogP contribution is 2.39. The standard InChI is InChI=1S/C32H37N7O3/c1-4-27(40)33-24-17-15-23(16-18-24)31(41)35-30-25-19-39(29(28(25)36-37-30)22-13-9-6-10-14-22)32(42)34-26(20-38(2)3)21-11-7-5-8-12-21/h4-18,25-26,28-30,36-37H,1,19-20H2,2-3H3,(H,33,40)(H,34,42)(H,35,41)/t25?,26-,28?,29-,30?/m1/s1. The molecule has 2 fully saturated rings. The zero-order valence-corrected chi connectivity index (χ0v) is 23.8. The number of hydrogen-bond acceptors (Lipinski definition) is 6. The minimum Gasteiger partial charge on any atom is -0.335 e. The number of carbonyl (C=O) groups excluding carboxylic acids is 3. The van der Waals surface area contributed by atoms with Crippen LogP contribution in [0.1, 0.15) is 33.6 Å². The van der Waals surface area contributed by atoms with E-state index in [9.17, 15) is 14.4 Å². The molecule has 2 heterocycles. The van der Waals surface area contributed by atoms with Gasteiger partial charge in [0.1, 0.15) is 0 Å². The average Bonchev–Trinajstić information content (AvgIpc) is 3.57. The molecule has 5 N–H and O–H groups in total. The summed E-state index contributed by atoms with van der Waals surface area (Å²) in [4.78, 5) is 42.6. The van der Waals surface area contributed by atoms with Crippen LogP contribution in [0.15, 0.2) is 97.6 Å². The van der Waals surface area contributed by atoms with Crippen LogP contribution in [-0.4, -0.2) is 67.0 Å². The molecule has 3 unspecified atom stereocenters. The van der Waals surface area contributed by atoms with Crippen LogP contribution in [-0.2, 0) is 4.79 Å². The van der Waals surface area contributed by atoms with Crippen molar-refractivity contribution in [2.45, 2.75) is 24.3 Å². The van der Waals surface area contributed by atoms with E-state index >= 15 is 0 Å². The van der Waals surface area contributed by atoms with Crippen molar-refractivity contribution >= 4 is 23.5 Å². The van der Waals surface area contributed by atoms with Gasteiger partial charge in [0.25, 0.3) is 5.91 Å². The van der Waals surface area contributed by atoms with Crippen LogP contribution in [0.3, 0.4) is 0 Å². The van der Waals surface area contributed by atoms with Crippen LogP contribution in [0, 0.1) is 5.92 Å². The molecule has 4 amide bonds. The Labute approximate surface area is 246 Å². The lowest BCUT2D eigenvalue weighted by molar-refractivity contribution is -0.111. The van der Waals surface area contributed by atoms with Gasteiger partial charge in [-0.15, -0.1) is 0 Å². The summed E-state index contributed by atoms with van der Waals surface area (Å²) in [6, 6.07) is 25.9. The van der Waals surface area contributed by atoms with Crippen LogP contribution in [0.5, 0.6) is 0 Å². The van der Waals surface area contributed by atoms with E-state index in [1.165, 1.54) is 6.08 Å². The largest absolute Gasteiger partial charge is 0.335 e. The van der Waals surface area contributed by atoms with E-state index in [0.717, 1.165) is 11.1 Å². The Bertz CT molecular complexity index is 1400. The number of hydrogen-bond donors (Lipinski definition) is 5. The third-order valence-electron chi connectivity index (χ3n) is 7.71. The van der Waals surface area contributed by atoms with Gasteiger partial charge in [-0.3, -0.25) is 15.0 Å². The lowest BCUT2D eigenvalue weighted by atomic mass is 9.94. The number of benzene rings is 3. The van der Waals surface area contributed by atoms with Crippen molar-refractivity contribution < 1.29 is 14.4 Å². The van der Waals surface area contributed by atoms with Crippen LogP contribution in [0.4, 0.5) is 10.5 Å². The molecule has 0 radical (unpaired) electrons. The van der Waals surface area contributed by atoms with E-state index in [-0.39, 0.29) is 41.9 Å². The molecule has 10 nitrogen and oxygen atoms in total. The summed E-state index contributed by atoms with van der Waals surface area (Å²) in [5.74, 6) is -0.662. The van der Waals surface area contributed by atoms with E-state index in [0.29, 0.717) is 24.3 Å². The van der Waals surface area contributed by atoms with E-state index in [4.69, 9.17) is 0 Å². The highest BCUT2D eigenvalue weighted by atomic mass is 16.2. The van der Waals surface area contributed by atoms with Gasteiger partial charge in [0.2, 0.25) is 5.91 Å². The molecule has 218 valence electrons. The number of rotatable bonds is 9. The van der Waals surface area contributed by atoms with Crippen LogP contribution < -0.4 is 26.8 Å². The topological polar surface area (TPSA) is 118 Å². The Hall–Kier alpha value is -4.51. The van der Waals surface area contributed by atoms with Gasteiger partial charge in [0, 0.05) is 30.3 Å². The zero-order chi connectivity index (χ0) is 29.6. The molecule has 0 aromatic heterocycles. The predicted molar refractivity (Wildman–Crippen MR) is 162 cm³/mol. The molecular formula is C32H37N7O3. The number of amides is 4. The van der Waals surface area contributed by atoms with Crippen LogP contribution in [0.25, 0.3) is 0 Å². The fourth-order valence-electron chi connectivity index (χ4n) is 5.70. The third-order valence-corrected chi connectivity index (χ3v) is 7.71. The van der Waals surface area contributed by atoms with Gasteiger partial charge in [-0.05, 0) is 55.6 Å². The third kappa shape index (κ3) is 6.52. The average molecular weight is 568 g/mol. The summed E-state index contributed by atoms with van der Waals surface area (Å²) in [5, 5.41) is 9.03. The molecule has 0 bridgehead atoms. The first kappa shape index (κ1) is 29.0. The number of likely N-dealkylation sites (N-methyl/N-ethyl adjacent to an activating group) is 1. The molecule has 42 heavy (non-hydrogen) atoms. The monoisotopic (exact) mass is 567 g/mol.